The first kappa shape index (κ1) is 26.3. The normalized spacial score (nSPS) is 22.3. The van der Waals surface area contributed by atoms with Gasteiger partial charge in [-0.15, -0.1) is 0 Å². The summed E-state index contributed by atoms with van der Waals surface area (Å²) < 4.78 is 61.9. The van der Waals surface area contributed by atoms with Gasteiger partial charge in [0.2, 0.25) is 6.86 Å². The molecule has 2 fully saturated rings. The van der Waals surface area contributed by atoms with Crippen molar-refractivity contribution >= 4 is 11.8 Å². The summed E-state index contributed by atoms with van der Waals surface area (Å²) in [6.07, 6.45) is 4.31. The lowest BCUT2D eigenvalue weighted by Gasteiger charge is -2.39. The molecule has 1 aliphatic heterocycles. The quantitative estimate of drug-likeness (QED) is 0.342. The van der Waals surface area contributed by atoms with E-state index in [1.54, 1.807) is 30.5 Å². The van der Waals surface area contributed by atoms with Crippen LogP contribution in [0.1, 0.15) is 44.1 Å². The molecule has 2 aliphatic rings. The molecule has 0 unspecified atom stereocenters. The van der Waals surface area contributed by atoms with Crippen LogP contribution in [0, 0.1) is 0 Å². The third-order valence-electron chi connectivity index (χ3n) is 7.21. The maximum Gasteiger partial charge on any atom is 0.417 e. The standard InChI is InChI=1S/C27H31F4N5O2/c28-17-37-21-10-7-18(8-11-21)24-15-33-26(38-24)35-23-6-2-1-5-22(23)34-20-4-3-13-36(16-20)25-12-9-19(14-32-25)27(29,30)31/h7-12,14-15,20,22-23,34H,1-6,13,16-17H2,(H,33,35)/t20-,22+,23+/m0/s1. The Labute approximate surface area is 218 Å². The molecule has 204 valence electrons. The lowest BCUT2D eigenvalue weighted by Crippen LogP contribution is -2.55. The summed E-state index contributed by atoms with van der Waals surface area (Å²) in [7, 11) is 0. The largest absolute Gasteiger partial charge is 0.463 e. The van der Waals surface area contributed by atoms with Crippen molar-refractivity contribution in [2.24, 2.45) is 0 Å². The fourth-order valence-electron chi connectivity index (χ4n) is 5.28. The molecule has 1 aromatic carbocycles. The molecule has 38 heavy (non-hydrogen) atoms. The first-order valence-corrected chi connectivity index (χ1v) is 12.9. The number of benzene rings is 1. The summed E-state index contributed by atoms with van der Waals surface area (Å²) in [6.45, 7) is 0.576. The van der Waals surface area contributed by atoms with Gasteiger partial charge in [0.1, 0.15) is 11.6 Å². The number of piperidine rings is 1. The number of ether oxygens (including phenoxy) is 1. The van der Waals surface area contributed by atoms with Gasteiger partial charge < -0.3 is 24.7 Å². The van der Waals surface area contributed by atoms with Gasteiger partial charge in [-0.05, 0) is 62.1 Å². The van der Waals surface area contributed by atoms with Crippen LogP contribution in [-0.2, 0) is 6.18 Å². The number of nitrogens with one attached hydrogen (secondary N) is 2. The average Bonchev–Trinajstić information content (AvgIpc) is 3.39. The molecule has 5 rings (SSSR count). The number of aromatic nitrogens is 2. The minimum Gasteiger partial charge on any atom is -0.463 e. The van der Waals surface area contributed by atoms with Crippen molar-refractivity contribution in [1.82, 2.24) is 15.3 Å². The summed E-state index contributed by atoms with van der Waals surface area (Å²) in [5, 5.41) is 7.25. The second-order valence-electron chi connectivity index (χ2n) is 9.80. The molecule has 0 amide bonds. The third-order valence-corrected chi connectivity index (χ3v) is 7.21. The molecule has 2 aromatic heterocycles. The van der Waals surface area contributed by atoms with Gasteiger partial charge in [0.05, 0.1) is 11.8 Å². The van der Waals surface area contributed by atoms with Gasteiger partial charge >= 0.3 is 6.18 Å². The summed E-state index contributed by atoms with van der Waals surface area (Å²) in [5.41, 5.74) is 0.0795. The van der Waals surface area contributed by atoms with Crippen molar-refractivity contribution in [2.45, 2.75) is 62.8 Å². The third kappa shape index (κ3) is 6.38. The van der Waals surface area contributed by atoms with Crippen LogP contribution in [-0.4, -0.2) is 48.0 Å². The van der Waals surface area contributed by atoms with E-state index in [-0.39, 0.29) is 18.1 Å². The number of alkyl halides is 4. The Morgan fingerprint density at radius 3 is 2.45 bits per heavy atom. The van der Waals surface area contributed by atoms with Gasteiger partial charge in [0.25, 0.3) is 6.01 Å². The summed E-state index contributed by atoms with van der Waals surface area (Å²) in [5.74, 6) is 1.62. The van der Waals surface area contributed by atoms with E-state index in [9.17, 15) is 17.6 Å². The number of oxazole rings is 1. The molecule has 0 spiro atoms. The van der Waals surface area contributed by atoms with Gasteiger partial charge in [-0.2, -0.15) is 13.2 Å². The monoisotopic (exact) mass is 533 g/mol. The molecular formula is C27H31F4N5O2. The zero-order valence-electron chi connectivity index (χ0n) is 20.9. The van der Waals surface area contributed by atoms with Crippen molar-refractivity contribution in [3.05, 3.63) is 54.4 Å². The summed E-state index contributed by atoms with van der Waals surface area (Å²) in [6, 6.07) is 10.5. The highest BCUT2D eigenvalue weighted by Crippen LogP contribution is 2.31. The minimum atomic E-state index is -4.39. The van der Waals surface area contributed by atoms with E-state index in [0.717, 1.165) is 62.9 Å². The SMILES string of the molecule is FCOc1ccc(-c2cnc(N[C@@H]3CCCC[C@H]3N[C@H]3CCCN(c4ccc(C(F)(F)F)cn4)C3)o2)cc1. The smallest absolute Gasteiger partial charge is 0.417 e. The average molecular weight is 534 g/mol. The second kappa shape index (κ2) is 11.6. The number of nitrogens with zero attached hydrogens (tertiary/aromatic N) is 3. The number of anilines is 2. The molecule has 1 saturated carbocycles. The van der Waals surface area contributed by atoms with Crippen LogP contribution in [0.25, 0.3) is 11.3 Å². The molecule has 0 radical (unpaired) electrons. The molecule has 7 nitrogen and oxygen atoms in total. The predicted octanol–water partition coefficient (Wildman–Crippen LogP) is 6.04. The molecule has 1 aliphatic carbocycles. The molecule has 1 saturated heterocycles. The highest BCUT2D eigenvalue weighted by Gasteiger charge is 2.32. The predicted molar refractivity (Wildman–Crippen MR) is 136 cm³/mol. The van der Waals surface area contributed by atoms with Crippen LogP contribution >= 0.6 is 0 Å². The lowest BCUT2D eigenvalue weighted by atomic mass is 9.89. The molecular weight excluding hydrogens is 502 g/mol. The number of rotatable bonds is 8. The van der Waals surface area contributed by atoms with Crippen LogP contribution in [0.3, 0.4) is 0 Å². The highest BCUT2D eigenvalue weighted by molar-refractivity contribution is 5.58. The van der Waals surface area contributed by atoms with Gasteiger partial charge in [-0.3, -0.25) is 0 Å². The van der Waals surface area contributed by atoms with Gasteiger partial charge in [0.15, 0.2) is 5.76 Å². The van der Waals surface area contributed by atoms with Gasteiger partial charge in [0, 0.05) is 43.0 Å². The van der Waals surface area contributed by atoms with E-state index in [0.29, 0.717) is 29.9 Å². The van der Waals surface area contributed by atoms with Crippen molar-refractivity contribution in [3.8, 4) is 17.1 Å². The Morgan fingerprint density at radius 1 is 0.947 bits per heavy atom. The molecule has 3 heterocycles. The van der Waals surface area contributed by atoms with Gasteiger partial charge in [-0.25, -0.2) is 14.4 Å². The van der Waals surface area contributed by atoms with E-state index >= 15 is 0 Å². The molecule has 3 aromatic rings. The lowest BCUT2D eigenvalue weighted by molar-refractivity contribution is -0.137. The van der Waals surface area contributed by atoms with Crippen LogP contribution in [0.4, 0.5) is 29.4 Å². The van der Waals surface area contributed by atoms with Crippen molar-refractivity contribution in [3.63, 3.8) is 0 Å². The van der Waals surface area contributed by atoms with Crippen molar-refractivity contribution in [1.29, 1.82) is 0 Å². The number of halogens is 4. The Hall–Kier alpha value is -3.34. The van der Waals surface area contributed by atoms with E-state index in [1.165, 1.54) is 6.07 Å². The molecule has 0 bridgehead atoms. The van der Waals surface area contributed by atoms with E-state index in [4.69, 9.17) is 9.15 Å². The number of hydrogen-bond donors (Lipinski definition) is 2. The minimum absolute atomic E-state index is 0.134. The fraction of sp³-hybridized carbons (Fsp3) is 0.481. The second-order valence-corrected chi connectivity index (χ2v) is 9.80. The van der Waals surface area contributed by atoms with Crippen molar-refractivity contribution in [2.75, 3.05) is 30.2 Å². The van der Waals surface area contributed by atoms with Crippen LogP contribution in [0.5, 0.6) is 5.75 Å². The summed E-state index contributed by atoms with van der Waals surface area (Å²) in [4.78, 5) is 10.5. The fourth-order valence-corrected chi connectivity index (χ4v) is 5.28. The van der Waals surface area contributed by atoms with Crippen LogP contribution in [0.15, 0.2) is 53.2 Å². The Morgan fingerprint density at radius 2 is 1.74 bits per heavy atom. The number of pyridine rings is 1. The zero-order valence-corrected chi connectivity index (χ0v) is 20.9. The Balaban J connectivity index is 1.19. The zero-order chi connectivity index (χ0) is 26.5. The first-order valence-electron chi connectivity index (χ1n) is 12.9. The maximum absolute atomic E-state index is 12.9. The Bertz CT molecular complexity index is 1170. The molecule has 11 heteroatoms. The van der Waals surface area contributed by atoms with Crippen molar-refractivity contribution < 1.29 is 26.7 Å². The molecule has 3 atom stereocenters. The summed E-state index contributed by atoms with van der Waals surface area (Å²) >= 11 is 0. The van der Waals surface area contributed by atoms with E-state index < -0.39 is 18.6 Å². The number of hydrogen-bond acceptors (Lipinski definition) is 7. The van der Waals surface area contributed by atoms with Crippen LogP contribution < -0.4 is 20.3 Å². The highest BCUT2D eigenvalue weighted by atomic mass is 19.4. The van der Waals surface area contributed by atoms with E-state index in [2.05, 4.69) is 25.5 Å². The van der Waals surface area contributed by atoms with E-state index in [1.807, 2.05) is 0 Å². The topological polar surface area (TPSA) is 75.5 Å². The Kier molecular flexibility index (Phi) is 8.01. The van der Waals surface area contributed by atoms with Gasteiger partial charge in [-0.1, -0.05) is 12.8 Å². The van der Waals surface area contributed by atoms with Crippen LogP contribution in [0.2, 0.25) is 0 Å². The first-order chi connectivity index (χ1) is 18.4. The maximum atomic E-state index is 12.9. The molecule has 2 N–H and O–H groups in total.